The van der Waals surface area contributed by atoms with Crippen LogP contribution in [0.4, 0.5) is 0 Å². The van der Waals surface area contributed by atoms with Crippen LogP contribution in [0.1, 0.15) is 35.2 Å². The lowest BCUT2D eigenvalue weighted by atomic mass is 10.1. The Bertz CT molecular complexity index is 782. The molecule has 0 saturated heterocycles. The van der Waals surface area contributed by atoms with Crippen LogP contribution >= 0.6 is 0 Å². The minimum atomic E-state index is -0.137. The van der Waals surface area contributed by atoms with Crippen molar-refractivity contribution < 1.29 is 13.9 Å². The van der Waals surface area contributed by atoms with E-state index in [0.29, 0.717) is 17.9 Å². The third kappa shape index (κ3) is 2.44. The monoisotopic (exact) mass is 283 g/mol. The van der Waals surface area contributed by atoms with Crippen molar-refractivity contribution in [1.82, 2.24) is 4.98 Å². The first-order valence-electron chi connectivity index (χ1n) is 7.04. The molecule has 1 aromatic carbocycles. The molecule has 0 unspecified atom stereocenters. The Morgan fingerprint density at radius 3 is 2.86 bits per heavy atom. The SMILES string of the molecule is CCCOc1cccc2[nH]cc(C(=O)c3ccc(C)o3)c12. The number of furan rings is 1. The zero-order valence-electron chi connectivity index (χ0n) is 12.1. The minimum absolute atomic E-state index is 0.137. The fourth-order valence-electron chi connectivity index (χ4n) is 2.35. The Morgan fingerprint density at radius 2 is 2.14 bits per heavy atom. The zero-order chi connectivity index (χ0) is 14.8. The summed E-state index contributed by atoms with van der Waals surface area (Å²) in [6, 6.07) is 9.21. The number of carbonyl (C=O) groups is 1. The van der Waals surface area contributed by atoms with E-state index in [0.717, 1.165) is 28.8 Å². The van der Waals surface area contributed by atoms with Gasteiger partial charge in [-0.1, -0.05) is 13.0 Å². The van der Waals surface area contributed by atoms with Crippen LogP contribution in [0.15, 0.2) is 40.9 Å². The number of carbonyl (C=O) groups excluding carboxylic acids is 1. The lowest BCUT2D eigenvalue weighted by Crippen LogP contribution is -2.01. The van der Waals surface area contributed by atoms with E-state index in [-0.39, 0.29) is 5.78 Å². The Morgan fingerprint density at radius 1 is 1.29 bits per heavy atom. The summed E-state index contributed by atoms with van der Waals surface area (Å²) >= 11 is 0. The van der Waals surface area contributed by atoms with E-state index < -0.39 is 0 Å². The third-order valence-corrected chi connectivity index (χ3v) is 3.34. The van der Waals surface area contributed by atoms with E-state index in [1.54, 1.807) is 18.3 Å². The summed E-state index contributed by atoms with van der Waals surface area (Å²) < 4.78 is 11.2. The van der Waals surface area contributed by atoms with Crippen molar-refractivity contribution in [2.45, 2.75) is 20.3 Å². The van der Waals surface area contributed by atoms with Crippen LogP contribution in [0.2, 0.25) is 0 Å². The summed E-state index contributed by atoms with van der Waals surface area (Å²) in [7, 11) is 0. The number of benzene rings is 1. The van der Waals surface area contributed by atoms with Crippen molar-refractivity contribution in [2.75, 3.05) is 6.61 Å². The molecule has 21 heavy (non-hydrogen) atoms. The number of ether oxygens (including phenoxy) is 1. The number of fused-ring (bicyclic) bond motifs is 1. The molecule has 0 bridgehead atoms. The van der Waals surface area contributed by atoms with E-state index in [9.17, 15) is 4.79 Å². The average Bonchev–Trinajstić information content (AvgIpc) is 3.11. The number of aryl methyl sites for hydroxylation is 1. The Labute approximate surface area is 122 Å². The van der Waals surface area contributed by atoms with Gasteiger partial charge in [0, 0.05) is 11.7 Å². The number of aromatic amines is 1. The van der Waals surface area contributed by atoms with Crippen molar-refractivity contribution in [3.63, 3.8) is 0 Å². The molecule has 0 aliphatic carbocycles. The summed E-state index contributed by atoms with van der Waals surface area (Å²) in [4.78, 5) is 15.7. The highest BCUT2D eigenvalue weighted by Crippen LogP contribution is 2.30. The molecule has 0 saturated carbocycles. The maximum atomic E-state index is 12.6. The molecule has 3 aromatic rings. The summed E-state index contributed by atoms with van der Waals surface area (Å²) in [6.07, 6.45) is 2.63. The van der Waals surface area contributed by atoms with Crippen molar-refractivity contribution in [2.24, 2.45) is 0 Å². The maximum absolute atomic E-state index is 12.6. The number of hydrogen-bond acceptors (Lipinski definition) is 3. The molecule has 2 heterocycles. The number of ketones is 1. The molecule has 0 spiro atoms. The quantitative estimate of drug-likeness (QED) is 0.717. The molecule has 4 heteroatoms. The van der Waals surface area contributed by atoms with Crippen molar-refractivity contribution in [3.8, 4) is 5.75 Å². The van der Waals surface area contributed by atoms with E-state index in [2.05, 4.69) is 11.9 Å². The highest BCUT2D eigenvalue weighted by molar-refractivity contribution is 6.16. The average molecular weight is 283 g/mol. The van der Waals surface area contributed by atoms with Crippen molar-refractivity contribution >= 4 is 16.7 Å². The molecule has 0 atom stereocenters. The fraction of sp³-hybridized carbons (Fsp3) is 0.235. The summed E-state index contributed by atoms with van der Waals surface area (Å²) in [5.41, 5.74) is 1.46. The lowest BCUT2D eigenvalue weighted by Gasteiger charge is -2.07. The molecule has 0 aliphatic rings. The van der Waals surface area contributed by atoms with E-state index in [1.807, 2.05) is 25.1 Å². The van der Waals surface area contributed by atoms with E-state index >= 15 is 0 Å². The molecule has 0 radical (unpaired) electrons. The molecule has 0 amide bonds. The highest BCUT2D eigenvalue weighted by Gasteiger charge is 2.19. The van der Waals surface area contributed by atoms with Crippen LogP contribution in [-0.2, 0) is 0 Å². The molecule has 0 fully saturated rings. The third-order valence-electron chi connectivity index (χ3n) is 3.34. The molecule has 1 N–H and O–H groups in total. The van der Waals surface area contributed by atoms with Gasteiger partial charge < -0.3 is 14.1 Å². The van der Waals surface area contributed by atoms with Gasteiger partial charge in [-0.05, 0) is 37.6 Å². The van der Waals surface area contributed by atoms with Gasteiger partial charge in [0.25, 0.3) is 0 Å². The Balaban J connectivity index is 2.08. The summed E-state index contributed by atoms with van der Waals surface area (Å²) in [5.74, 6) is 1.66. The summed E-state index contributed by atoms with van der Waals surface area (Å²) in [5, 5.41) is 0.810. The highest BCUT2D eigenvalue weighted by atomic mass is 16.5. The second-order valence-corrected chi connectivity index (χ2v) is 4.97. The van der Waals surface area contributed by atoms with Crippen LogP contribution in [-0.4, -0.2) is 17.4 Å². The van der Waals surface area contributed by atoms with Crippen LogP contribution in [0.5, 0.6) is 5.75 Å². The van der Waals surface area contributed by atoms with Crippen LogP contribution in [0.25, 0.3) is 10.9 Å². The number of H-pyrrole nitrogens is 1. The number of nitrogens with one attached hydrogen (secondary N) is 1. The van der Waals surface area contributed by atoms with Gasteiger partial charge in [0.2, 0.25) is 5.78 Å². The van der Waals surface area contributed by atoms with Crippen LogP contribution in [0.3, 0.4) is 0 Å². The Hall–Kier alpha value is -2.49. The van der Waals surface area contributed by atoms with Gasteiger partial charge in [-0.2, -0.15) is 0 Å². The number of aromatic nitrogens is 1. The van der Waals surface area contributed by atoms with Gasteiger partial charge in [-0.15, -0.1) is 0 Å². The largest absolute Gasteiger partial charge is 0.493 e. The first-order chi connectivity index (χ1) is 10.2. The topological polar surface area (TPSA) is 55.2 Å². The molecule has 4 nitrogen and oxygen atoms in total. The minimum Gasteiger partial charge on any atom is -0.493 e. The molecular formula is C17H17NO3. The van der Waals surface area contributed by atoms with Gasteiger partial charge in [0.15, 0.2) is 5.76 Å². The predicted molar refractivity (Wildman–Crippen MR) is 81.0 cm³/mol. The van der Waals surface area contributed by atoms with E-state index in [1.165, 1.54) is 0 Å². The standard InChI is InChI=1S/C17H17NO3/c1-3-9-20-14-6-4-5-13-16(14)12(10-18-13)17(19)15-8-7-11(2)21-15/h4-8,10,18H,3,9H2,1-2H3. The lowest BCUT2D eigenvalue weighted by molar-refractivity contribution is 0.101. The maximum Gasteiger partial charge on any atom is 0.230 e. The van der Waals surface area contributed by atoms with Gasteiger partial charge in [-0.25, -0.2) is 0 Å². The number of hydrogen-bond donors (Lipinski definition) is 1. The molecule has 0 aliphatic heterocycles. The van der Waals surface area contributed by atoms with Gasteiger partial charge >= 0.3 is 0 Å². The number of rotatable bonds is 5. The van der Waals surface area contributed by atoms with Crippen molar-refractivity contribution in [1.29, 1.82) is 0 Å². The van der Waals surface area contributed by atoms with Crippen LogP contribution < -0.4 is 4.74 Å². The fourth-order valence-corrected chi connectivity index (χ4v) is 2.35. The molecule has 108 valence electrons. The zero-order valence-corrected chi connectivity index (χ0v) is 12.1. The summed E-state index contributed by atoms with van der Waals surface area (Å²) in [6.45, 7) is 4.49. The van der Waals surface area contributed by atoms with Crippen LogP contribution in [0, 0.1) is 6.92 Å². The first-order valence-corrected chi connectivity index (χ1v) is 7.04. The van der Waals surface area contributed by atoms with E-state index in [4.69, 9.17) is 9.15 Å². The first kappa shape index (κ1) is 13.5. The second-order valence-electron chi connectivity index (χ2n) is 4.97. The Kier molecular flexibility index (Phi) is 3.52. The van der Waals surface area contributed by atoms with Crippen molar-refractivity contribution in [3.05, 3.63) is 53.6 Å². The van der Waals surface area contributed by atoms with Gasteiger partial charge in [-0.3, -0.25) is 4.79 Å². The molecule has 3 rings (SSSR count). The second kappa shape index (κ2) is 5.48. The predicted octanol–water partition coefficient (Wildman–Crippen LogP) is 4.09. The molecule has 2 aromatic heterocycles. The smallest absolute Gasteiger partial charge is 0.230 e. The molecular weight excluding hydrogens is 266 g/mol. The van der Waals surface area contributed by atoms with Gasteiger partial charge in [0.05, 0.1) is 17.6 Å². The normalized spacial score (nSPS) is 11.0. The van der Waals surface area contributed by atoms with Gasteiger partial charge in [0.1, 0.15) is 11.5 Å².